The Morgan fingerprint density at radius 2 is 1.72 bits per heavy atom. The number of unbranched alkanes of at least 4 members (excludes halogenated alkanes) is 1. The first-order valence-corrected chi connectivity index (χ1v) is 8.74. The molecule has 128 valence electrons. The first-order chi connectivity index (χ1) is 12.1. The number of imidazole rings is 1. The van der Waals surface area contributed by atoms with Gasteiger partial charge in [0.05, 0.1) is 16.7 Å². The van der Waals surface area contributed by atoms with Gasteiger partial charge in [-0.1, -0.05) is 25.5 Å². The Bertz CT molecular complexity index is 1070. The first kappa shape index (κ1) is 15.7. The molecule has 0 aliphatic heterocycles. The summed E-state index contributed by atoms with van der Waals surface area (Å²) in [6.07, 6.45) is 3.40. The highest BCUT2D eigenvalue weighted by Gasteiger charge is 2.18. The van der Waals surface area contributed by atoms with Crippen molar-refractivity contribution in [2.45, 2.75) is 40.0 Å². The number of aryl methyl sites for hydroxylation is 2. The lowest BCUT2D eigenvalue weighted by Crippen LogP contribution is -2.07. The molecule has 0 saturated carbocycles. The van der Waals surface area contributed by atoms with Gasteiger partial charge in [-0.25, -0.2) is 14.6 Å². The molecule has 25 heavy (non-hydrogen) atoms. The van der Waals surface area contributed by atoms with Crippen LogP contribution in [0.4, 0.5) is 0 Å². The van der Waals surface area contributed by atoms with E-state index < -0.39 is 0 Å². The lowest BCUT2D eigenvalue weighted by atomic mass is 10.1. The van der Waals surface area contributed by atoms with Crippen LogP contribution in [0.25, 0.3) is 28.3 Å². The zero-order valence-corrected chi connectivity index (χ0v) is 15.1. The maximum atomic E-state index is 4.74. The molecule has 3 aromatic heterocycles. The van der Waals surface area contributed by atoms with Crippen molar-refractivity contribution in [1.29, 1.82) is 0 Å². The van der Waals surface area contributed by atoms with Gasteiger partial charge in [0.25, 0.3) is 0 Å². The van der Waals surface area contributed by atoms with E-state index >= 15 is 0 Å². The van der Waals surface area contributed by atoms with Gasteiger partial charge in [-0.05, 0) is 44.4 Å². The number of aromatic nitrogens is 6. The lowest BCUT2D eigenvalue weighted by Gasteiger charge is -2.05. The summed E-state index contributed by atoms with van der Waals surface area (Å²) in [5.41, 5.74) is 6.70. The summed E-state index contributed by atoms with van der Waals surface area (Å²) in [4.78, 5) is 14.1. The van der Waals surface area contributed by atoms with E-state index in [-0.39, 0.29) is 0 Å². The van der Waals surface area contributed by atoms with Crippen molar-refractivity contribution in [3.8, 4) is 5.95 Å². The van der Waals surface area contributed by atoms with E-state index in [9.17, 15) is 0 Å². The fraction of sp³-hybridized carbons (Fsp3) is 0.368. The van der Waals surface area contributed by atoms with Crippen molar-refractivity contribution in [3.05, 3.63) is 41.2 Å². The molecule has 1 aromatic carbocycles. The second-order valence-electron chi connectivity index (χ2n) is 6.50. The highest BCUT2D eigenvalue weighted by molar-refractivity contribution is 5.83. The van der Waals surface area contributed by atoms with E-state index in [0.29, 0.717) is 5.65 Å². The van der Waals surface area contributed by atoms with Gasteiger partial charge in [0.2, 0.25) is 5.95 Å². The van der Waals surface area contributed by atoms with Crippen molar-refractivity contribution in [2.24, 2.45) is 7.05 Å². The Balaban J connectivity index is 1.89. The molecule has 4 rings (SSSR count). The van der Waals surface area contributed by atoms with Crippen molar-refractivity contribution >= 4 is 22.3 Å². The number of benzene rings is 1. The smallest absolute Gasteiger partial charge is 0.234 e. The minimum atomic E-state index is 0.652. The van der Waals surface area contributed by atoms with Gasteiger partial charge in [0, 0.05) is 12.7 Å². The van der Waals surface area contributed by atoms with E-state index in [4.69, 9.17) is 15.1 Å². The molecule has 0 atom stereocenters. The molecule has 0 spiro atoms. The standard InChI is InChI=1S/C19H22N6/c1-5-6-9-14-12(2)23-25(13(14)3)19-22-17-18(24(19)4)21-16-11-8-7-10-15(16)20-17/h7-8,10-11H,5-6,9H2,1-4H3. The van der Waals surface area contributed by atoms with Gasteiger partial charge in [0.1, 0.15) is 0 Å². The van der Waals surface area contributed by atoms with Gasteiger partial charge in [-0.15, -0.1) is 0 Å². The molecule has 0 fully saturated rings. The second-order valence-corrected chi connectivity index (χ2v) is 6.50. The van der Waals surface area contributed by atoms with E-state index in [1.165, 1.54) is 18.4 Å². The largest absolute Gasteiger partial charge is 0.295 e. The van der Waals surface area contributed by atoms with Crippen LogP contribution >= 0.6 is 0 Å². The summed E-state index contributed by atoms with van der Waals surface area (Å²) in [5, 5.41) is 4.74. The summed E-state index contributed by atoms with van der Waals surface area (Å²) < 4.78 is 3.90. The molecule has 0 aliphatic carbocycles. The molecule has 0 radical (unpaired) electrons. The van der Waals surface area contributed by atoms with Gasteiger partial charge in [-0.2, -0.15) is 10.1 Å². The molecular weight excluding hydrogens is 312 g/mol. The second kappa shape index (κ2) is 5.95. The van der Waals surface area contributed by atoms with Gasteiger partial charge >= 0.3 is 0 Å². The van der Waals surface area contributed by atoms with Crippen LogP contribution in [-0.2, 0) is 13.5 Å². The highest BCUT2D eigenvalue weighted by Crippen LogP contribution is 2.22. The van der Waals surface area contributed by atoms with E-state index in [2.05, 4.69) is 25.8 Å². The number of fused-ring (bicyclic) bond motifs is 2. The summed E-state index contributed by atoms with van der Waals surface area (Å²) in [6.45, 7) is 6.40. The Labute approximate surface area is 146 Å². The summed E-state index contributed by atoms with van der Waals surface area (Å²) in [7, 11) is 1.97. The van der Waals surface area contributed by atoms with Crippen LogP contribution in [0.3, 0.4) is 0 Å². The lowest BCUT2D eigenvalue weighted by molar-refractivity contribution is 0.730. The van der Waals surface area contributed by atoms with E-state index in [1.807, 2.05) is 40.6 Å². The topological polar surface area (TPSA) is 61.4 Å². The molecule has 4 aromatic rings. The summed E-state index contributed by atoms with van der Waals surface area (Å²) >= 11 is 0. The Morgan fingerprint density at radius 1 is 1.00 bits per heavy atom. The van der Waals surface area contributed by atoms with Crippen LogP contribution in [0, 0.1) is 13.8 Å². The predicted octanol–water partition coefficient (Wildman–Crippen LogP) is 3.66. The number of rotatable bonds is 4. The van der Waals surface area contributed by atoms with Crippen LogP contribution in [0.1, 0.15) is 36.7 Å². The van der Waals surface area contributed by atoms with Crippen LogP contribution in [0.15, 0.2) is 24.3 Å². The third-order valence-electron chi connectivity index (χ3n) is 4.77. The maximum Gasteiger partial charge on any atom is 0.234 e. The minimum absolute atomic E-state index is 0.652. The fourth-order valence-electron chi connectivity index (χ4n) is 3.32. The van der Waals surface area contributed by atoms with Crippen molar-refractivity contribution in [1.82, 2.24) is 29.3 Å². The molecule has 6 heteroatoms. The first-order valence-electron chi connectivity index (χ1n) is 8.74. The Hall–Kier alpha value is -2.76. The van der Waals surface area contributed by atoms with Crippen LogP contribution < -0.4 is 0 Å². The molecule has 0 aliphatic rings. The monoisotopic (exact) mass is 334 g/mol. The fourth-order valence-corrected chi connectivity index (χ4v) is 3.32. The molecule has 0 bridgehead atoms. The summed E-state index contributed by atoms with van der Waals surface area (Å²) in [6, 6.07) is 7.87. The minimum Gasteiger partial charge on any atom is -0.295 e. The van der Waals surface area contributed by atoms with Crippen LogP contribution in [0.2, 0.25) is 0 Å². The number of hydrogen-bond donors (Lipinski definition) is 0. The predicted molar refractivity (Wildman–Crippen MR) is 99.0 cm³/mol. The third-order valence-corrected chi connectivity index (χ3v) is 4.77. The summed E-state index contributed by atoms with van der Waals surface area (Å²) in [5.74, 6) is 0.758. The zero-order chi connectivity index (χ0) is 17.6. The van der Waals surface area contributed by atoms with Crippen LogP contribution in [-0.4, -0.2) is 29.3 Å². The molecule has 3 heterocycles. The quantitative estimate of drug-likeness (QED) is 0.571. The molecular formula is C19H22N6. The molecule has 0 N–H and O–H groups in total. The molecule has 0 amide bonds. The molecule has 0 unspecified atom stereocenters. The average molecular weight is 334 g/mol. The number of para-hydroxylation sites is 2. The van der Waals surface area contributed by atoms with Gasteiger partial charge < -0.3 is 0 Å². The number of hydrogen-bond acceptors (Lipinski definition) is 4. The third kappa shape index (κ3) is 2.49. The molecule has 6 nitrogen and oxygen atoms in total. The SMILES string of the molecule is CCCCc1c(C)nn(-c2nc3nc4ccccc4nc3n2C)c1C. The Kier molecular flexibility index (Phi) is 3.75. The maximum absolute atomic E-state index is 4.74. The van der Waals surface area contributed by atoms with Gasteiger partial charge in [0.15, 0.2) is 11.3 Å². The highest BCUT2D eigenvalue weighted by atomic mass is 15.4. The van der Waals surface area contributed by atoms with E-state index in [1.54, 1.807) is 0 Å². The zero-order valence-electron chi connectivity index (χ0n) is 15.1. The van der Waals surface area contributed by atoms with Crippen molar-refractivity contribution in [2.75, 3.05) is 0 Å². The normalized spacial score (nSPS) is 11.7. The molecule has 0 saturated heterocycles. The van der Waals surface area contributed by atoms with E-state index in [0.717, 1.165) is 40.4 Å². The van der Waals surface area contributed by atoms with Gasteiger partial charge in [-0.3, -0.25) is 4.57 Å². The number of nitrogens with zero attached hydrogens (tertiary/aromatic N) is 6. The van der Waals surface area contributed by atoms with Crippen molar-refractivity contribution in [3.63, 3.8) is 0 Å². The van der Waals surface area contributed by atoms with Crippen LogP contribution in [0.5, 0.6) is 0 Å². The van der Waals surface area contributed by atoms with Crippen molar-refractivity contribution < 1.29 is 0 Å². The Morgan fingerprint density at radius 3 is 2.44 bits per heavy atom. The average Bonchev–Trinajstić information content (AvgIpc) is 3.08.